The summed E-state index contributed by atoms with van der Waals surface area (Å²) < 4.78 is 0. The summed E-state index contributed by atoms with van der Waals surface area (Å²) in [7, 11) is 0. The number of halogens is 1. The minimum absolute atomic E-state index is 0.0510. The van der Waals surface area contributed by atoms with Crippen LogP contribution in [0.4, 0.5) is 17.3 Å². The van der Waals surface area contributed by atoms with E-state index in [-0.39, 0.29) is 18.2 Å². The van der Waals surface area contributed by atoms with Crippen molar-refractivity contribution in [2.45, 2.75) is 31.7 Å². The molecule has 1 fully saturated rings. The highest BCUT2D eigenvalue weighted by Gasteiger charge is 2.22. The van der Waals surface area contributed by atoms with E-state index in [2.05, 4.69) is 25.9 Å². The first kappa shape index (κ1) is 19.5. The number of anilines is 3. The molecule has 0 radical (unpaired) electrons. The molecule has 1 saturated carbocycles. The Kier molecular flexibility index (Phi) is 5.03. The molecule has 3 aromatic rings. The molecule has 3 N–H and O–H groups in total. The van der Waals surface area contributed by atoms with Gasteiger partial charge < -0.3 is 16.0 Å². The van der Waals surface area contributed by atoms with Crippen molar-refractivity contribution in [3.8, 4) is 11.3 Å². The van der Waals surface area contributed by atoms with Gasteiger partial charge in [-0.1, -0.05) is 11.6 Å². The predicted octanol–water partition coefficient (Wildman–Crippen LogP) is 4.32. The third-order valence-electron chi connectivity index (χ3n) is 5.57. The summed E-state index contributed by atoms with van der Waals surface area (Å²) in [5.74, 6) is 0.216. The van der Waals surface area contributed by atoms with Gasteiger partial charge in [0.15, 0.2) is 0 Å². The molecule has 5 rings (SSSR count). The molecular formula is C23H20ClN5O2. The van der Waals surface area contributed by atoms with Crippen LogP contribution in [-0.4, -0.2) is 27.8 Å². The highest BCUT2D eigenvalue weighted by Crippen LogP contribution is 2.34. The number of carbonyl (C=O) groups is 2. The number of amides is 2. The van der Waals surface area contributed by atoms with Gasteiger partial charge in [-0.25, -0.2) is 9.97 Å². The molecule has 7 nitrogen and oxygen atoms in total. The van der Waals surface area contributed by atoms with Crippen molar-refractivity contribution in [2.24, 2.45) is 0 Å². The Morgan fingerprint density at radius 2 is 1.94 bits per heavy atom. The van der Waals surface area contributed by atoms with E-state index in [0.717, 1.165) is 29.7 Å². The van der Waals surface area contributed by atoms with Gasteiger partial charge in [0.25, 0.3) is 5.91 Å². The Morgan fingerprint density at radius 3 is 2.68 bits per heavy atom. The van der Waals surface area contributed by atoms with E-state index in [0.29, 0.717) is 34.0 Å². The molecule has 8 heteroatoms. The maximum atomic E-state index is 12.3. The average molecular weight is 434 g/mol. The summed E-state index contributed by atoms with van der Waals surface area (Å²) in [4.78, 5) is 33.5. The van der Waals surface area contributed by atoms with Crippen LogP contribution in [0.2, 0.25) is 5.02 Å². The zero-order chi connectivity index (χ0) is 21.4. The quantitative estimate of drug-likeness (QED) is 0.569. The minimum atomic E-state index is -0.137. The fourth-order valence-electron chi connectivity index (χ4n) is 3.68. The van der Waals surface area contributed by atoms with Crippen LogP contribution >= 0.6 is 11.6 Å². The Hall–Kier alpha value is -3.45. The van der Waals surface area contributed by atoms with Crippen LogP contribution in [0.25, 0.3) is 11.3 Å². The average Bonchev–Trinajstić information content (AvgIpc) is 2.85. The monoisotopic (exact) mass is 433 g/mol. The van der Waals surface area contributed by atoms with Crippen LogP contribution in [0.3, 0.4) is 0 Å². The first-order valence-electron chi connectivity index (χ1n) is 10.2. The summed E-state index contributed by atoms with van der Waals surface area (Å²) in [6.45, 7) is 0. The third-order valence-corrected chi connectivity index (χ3v) is 5.81. The number of nitrogens with one attached hydrogen (secondary N) is 3. The summed E-state index contributed by atoms with van der Waals surface area (Å²) in [6.07, 6.45) is 5.13. The van der Waals surface area contributed by atoms with Crippen molar-refractivity contribution < 1.29 is 9.59 Å². The smallest absolute Gasteiger partial charge is 0.251 e. The minimum Gasteiger partial charge on any atom is -0.349 e. The Balaban J connectivity index is 1.38. The topological polar surface area (TPSA) is 96.0 Å². The maximum absolute atomic E-state index is 12.3. The molecule has 2 aliphatic rings. The van der Waals surface area contributed by atoms with Crippen molar-refractivity contribution in [2.75, 3.05) is 10.6 Å². The molecule has 2 heterocycles. The fourth-order valence-corrected chi connectivity index (χ4v) is 3.85. The first-order chi connectivity index (χ1) is 15.0. The molecule has 2 amide bonds. The van der Waals surface area contributed by atoms with E-state index >= 15 is 0 Å². The second-order valence-electron chi connectivity index (χ2n) is 7.79. The van der Waals surface area contributed by atoms with Crippen LogP contribution < -0.4 is 16.0 Å². The lowest BCUT2D eigenvalue weighted by atomic mass is 9.93. The van der Waals surface area contributed by atoms with E-state index in [4.69, 9.17) is 11.6 Å². The molecular weight excluding hydrogens is 414 g/mol. The van der Waals surface area contributed by atoms with Crippen LogP contribution in [0, 0.1) is 0 Å². The molecule has 0 bridgehead atoms. The van der Waals surface area contributed by atoms with Crippen molar-refractivity contribution >= 4 is 40.7 Å². The van der Waals surface area contributed by atoms with Crippen LogP contribution in [-0.2, 0) is 11.2 Å². The molecule has 31 heavy (non-hydrogen) atoms. The second-order valence-corrected chi connectivity index (χ2v) is 8.22. The largest absolute Gasteiger partial charge is 0.349 e. The van der Waals surface area contributed by atoms with Crippen LogP contribution in [0.5, 0.6) is 0 Å². The number of nitrogens with zero attached hydrogens (tertiary/aromatic N) is 2. The van der Waals surface area contributed by atoms with Crippen LogP contribution in [0.1, 0.15) is 35.2 Å². The van der Waals surface area contributed by atoms with E-state index < -0.39 is 0 Å². The molecule has 0 saturated heterocycles. The SMILES string of the molecule is O=C1Cc2cnc(Nc3ccc(C(=O)NC4CCC4)cc3)nc2-c2ccc(Cl)cc2N1. The van der Waals surface area contributed by atoms with Gasteiger partial charge in [0.05, 0.1) is 17.8 Å². The van der Waals surface area contributed by atoms with Crippen molar-refractivity contribution in [1.29, 1.82) is 0 Å². The molecule has 1 aromatic heterocycles. The molecule has 0 atom stereocenters. The summed E-state index contributed by atoms with van der Waals surface area (Å²) >= 11 is 6.09. The van der Waals surface area contributed by atoms with Crippen LogP contribution in [0.15, 0.2) is 48.7 Å². The lowest BCUT2D eigenvalue weighted by Gasteiger charge is -2.26. The van der Waals surface area contributed by atoms with Crippen molar-refractivity contribution in [1.82, 2.24) is 15.3 Å². The van der Waals surface area contributed by atoms with Gasteiger partial charge in [-0.05, 0) is 61.7 Å². The van der Waals surface area contributed by atoms with Gasteiger partial charge in [0.2, 0.25) is 11.9 Å². The van der Waals surface area contributed by atoms with Crippen molar-refractivity contribution in [3.05, 3.63) is 64.8 Å². The molecule has 0 spiro atoms. The standard InChI is InChI=1S/C23H20ClN5O2/c24-15-6-9-18-19(11-15)28-20(30)10-14-12-25-23(29-21(14)18)27-17-7-4-13(5-8-17)22(31)26-16-2-1-3-16/h4-9,11-12,16H,1-3,10H2,(H,26,31)(H,28,30)(H,25,27,29). The number of benzene rings is 2. The van der Waals surface area contributed by atoms with Gasteiger partial charge in [-0.3, -0.25) is 9.59 Å². The number of aromatic nitrogens is 2. The van der Waals surface area contributed by atoms with Gasteiger partial charge in [-0.2, -0.15) is 0 Å². The number of hydrogen-bond donors (Lipinski definition) is 3. The number of fused-ring (bicyclic) bond motifs is 3. The molecule has 1 aliphatic heterocycles. The van der Waals surface area contributed by atoms with Gasteiger partial charge in [0, 0.05) is 39.6 Å². The van der Waals surface area contributed by atoms with E-state index in [1.807, 2.05) is 18.2 Å². The molecule has 0 unspecified atom stereocenters. The van der Waals surface area contributed by atoms with E-state index in [9.17, 15) is 9.59 Å². The fraction of sp³-hybridized carbons (Fsp3) is 0.217. The Labute approximate surface area is 184 Å². The maximum Gasteiger partial charge on any atom is 0.251 e. The molecule has 1 aliphatic carbocycles. The Bertz CT molecular complexity index is 1180. The van der Waals surface area contributed by atoms with Gasteiger partial charge in [-0.15, -0.1) is 0 Å². The van der Waals surface area contributed by atoms with Gasteiger partial charge >= 0.3 is 0 Å². The predicted molar refractivity (Wildman–Crippen MR) is 120 cm³/mol. The summed E-state index contributed by atoms with van der Waals surface area (Å²) in [6, 6.07) is 12.8. The van der Waals surface area contributed by atoms with E-state index in [1.54, 1.807) is 30.5 Å². The summed E-state index contributed by atoms with van der Waals surface area (Å²) in [5, 5.41) is 9.61. The van der Waals surface area contributed by atoms with Gasteiger partial charge in [0.1, 0.15) is 0 Å². The van der Waals surface area contributed by atoms with Crippen molar-refractivity contribution in [3.63, 3.8) is 0 Å². The third kappa shape index (κ3) is 4.09. The molecule has 2 aromatic carbocycles. The Morgan fingerprint density at radius 1 is 1.13 bits per heavy atom. The molecule has 156 valence electrons. The first-order valence-corrected chi connectivity index (χ1v) is 10.6. The number of hydrogen-bond acceptors (Lipinski definition) is 5. The zero-order valence-electron chi connectivity index (χ0n) is 16.6. The summed E-state index contributed by atoms with van der Waals surface area (Å²) in [5.41, 5.74) is 4.22. The number of rotatable bonds is 4. The lowest BCUT2D eigenvalue weighted by Crippen LogP contribution is -2.39. The highest BCUT2D eigenvalue weighted by molar-refractivity contribution is 6.31. The highest BCUT2D eigenvalue weighted by atomic mass is 35.5. The second kappa shape index (κ2) is 8.00. The zero-order valence-corrected chi connectivity index (χ0v) is 17.4. The lowest BCUT2D eigenvalue weighted by molar-refractivity contribution is -0.115. The number of carbonyl (C=O) groups excluding carboxylic acids is 2. The van der Waals surface area contributed by atoms with E-state index in [1.165, 1.54) is 6.42 Å². The normalized spacial score (nSPS) is 15.1.